The molecular formula is C33H24N2. The van der Waals surface area contributed by atoms with Gasteiger partial charge in [-0.1, -0.05) is 84.9 Å². The molecule has 7 aromatic rings. The van der Waals surface area contributed by atoms with Crippen LogP contribution in [0.25, 0.3) is 55.2 Å². The van der Waals surface area contributed by atoms with E-state index in [0.717, 1.165) is 0 Å². The van der Waals surface area contributed by atoms with Crippen LogP contribution >= 0.6 is 0 Å². The molecule has 0 radical (unpaired) electrons. The maximum atomic E-state index is 2.40. The molecule has 0 aliphatic rings. The highest BCUT2D eigenvalue weighted by Gasteiger charge is 2.17. The molecule has 0 saturated carbocycles. The van der Waals surface area contributed by atoms with Crippen LogP contribution < -0.4 is 0 Å². The normalized spacial score (nSPS) is 11.6. The Hall–Kier alpha value is -4.56. The largest absolute Gasteiger partial charge is 0.316 e. The lowest BCUT2D eigenvalue weighted by atomic mass is 9.98. The fourth-order valence-electron chi connectivity index (χ4n) is 5.53. The molecule has 0 spiro atoms. The molecule has 0 N–H and O–H groups in total. The van der Waals surface area contributed by atoms with Gasteiger partial charge in [-0.05, 0) is 59.8 Å². The number of hydrogen-bond donors (Lipinski definition) is 0. The van der Waals surface area contributed by atoms with Crippen LogP contribution in [0.1, 0.15) is 5.56 Å². The van der Waals surface area contributed by atoms with Gasteiger partial charge < -0.3 is 9.13 Å². The third-order valence-corrected chi connectivity index (χ3v) is 7.05. The van der Waals surface area contributed by atoms with Gasteiger partial charge in [0.1, 0.15) is 0 Å². The molecule has 0 fully saturated rings. The van der Waals surface area contributed by atoms with Crippen molar-refractivity contribution in [3.63, 3.8) is 0 Å². The van der Waals surface area contributed by atoms with E-state index < -0.39 is 0 Å². The summed E-state index contributed by atoms with van der Waals surface area (Å²) in [6.45, 7) is 2.23. The first-order chi connectivity index (χ1) is 17.3. The standard InChI is InChI=1S/C33H24N2/c1-23-21-26(35-31-17-9-6-14-27(31)28-15-7-10-18-32(28)35)22-29(24-11-3-2-4-12-24)33(23)34-20-19-25-13-5-8-16-30(25)34/h2-22H,1H3. The van der Waals surface area contributed by atoms with E-state index in [1.54, 1.807) is 0 Å². The molecule has 2 heteroatoms. The molecule has 0 bridgehead atoms. The Morgan fingerprint density at radius 3 is 1.86 bits per heavy atom. The van der Waals surface area contributed by atoms with Crippen molar-refractivity contribution in [2.24, 2.45) is 0 Å². The van der Waals surface area contributed by atoms with Gasteiger partial charge in [-0.15, -0.1) is 0 Å². The van der Waals surface area contributed by atoms with Crippen molar-refractivity contribution < 1.29 is 0 Å². The molecule has 0 unspecified atom stereocenters. The van der Waals surface area contributed by atoms with Gasteiger partial charge in [0.05, 0.1) is 22.2 Å². The number of aryl methyl sites for hydroxylation is 1. The predicted octanol–water partition coefficient (Wildman–Crippen LogP) is 8.70. The van der Waals surface area contributed by atoms with Crippen LogP contribution in [-0.4, -0.2) is 9.13 Å². The molecule has 35 heavy (non-hydrogen) atoms. The molecule has 0 aliphatic heterocycles. The van der Waals surface area contributed by atoms with Crippen molar-refractivity contribution in [3.05, 3.63) is 133 Å². The molecule has 2 aromatic heterocycles. The molecule has 0 saturated heterocycles. The highest BCUT2D eigenvalue weighted by Crippen LogP contribution is 2.38. The maximum absolute atomic E-state index is 2.40. The van der Waals surface area contributed by atoms with Crippen molar-refractivity contribution in [1.29, 1.82) is 0 Å². The molecule has 0 aliphatic carbocycles. The minimum Gasteiger partial charge on any atom is -0.316 e. The molecule has 2 heterocycles. The maximum Gasteiger partial charge on any atom is 0.0564 e. The SMILES string of the molecule is Cc1cc(-n2c3ccccc3c3ccccc32)cc(-c2ccccc2)c1-n1ccc2ccccc21. The summed E-state index contributed by atoms with van der Waals surface area (Å²) in [6.07, 6.45) is 2.19. The summed E-state index contributed by atoms with van der Waals surface area (Å²) in [5.74, 6) is 0. The number of rotatable bonds is 3. The number of aromatic nitrogens is 2. The van der Waals surface area contributed by atoms with Gasteiger partial charge in [-0.25, -0.2) is 0 Å². The van der Waals surface area contributed by atoms with Gasteiger partial charge in [0.25, 0.3) is 0 Å². The zero-order chi connectivity index (χ0) is 23.4. The summed E-state index contributed by atoms with van der Waals surface area (Å²) in [7, 11) is 0. The Morgan fingerprint density at radius 2 is 1.14 bits per heavy atom. The van der Waals surface area contributed by atoms with Crippen LogP contribution in [0.15, 0.2) is 128 Å². The van der Waals surface area contributed by atoms with Crippen LogP contribution in [0.2, 0.25) is 0 Å². The monoisotopic (exact) mass is 448 g/mol. The zero-order valence-electron chi connectivity index (χ0n) is 19.5. The van der Waals surface area contributed by atoms with E-state index in [1.165, 1.54) is 60.8 Å². The molecule has 7 rings (SSSR count). The van der Waals surface area contributed by atoms with Crippen molar-refractivity contribution in [1.82, 2.24) is 9.13 Å². The highest BCUT2D eigenvalue weighted by atomic mass is 15.0. The molecule has 5 aromatic carbocycles. The first kappa shape index (κ1) is 19.9. The fraction of sp³-hybridized carbons (Fsp3) is 0.0303. The van der Waals surface area contributed by atoms with E-state index in [1.807, 2.05) is 0 Å². The second kappa shape index (κ2) is 7.75. The Balaban J connectivity index is 1.58. The summed E-state index contributed by atoms with van der Waals surface area (Å²) in [6, 6.07) is 43.6. The lowest BCUT2D eigenvalue weighted by molar-refractivity contribution is 1.09. The Morgan fingerprint density at radius 1 is 0.543 bits per heavy atom. The smallest absolute Gasteiger partial charge is 0.0564 e. The second-order valence-electron chi connectivity index (χ2n) is 9.14. The average molecular weight is 449 g/mol. The van der Waals surface area contributed by atoms with Crippen LogP contribution in [0.3, 0.4) is 0 Å². The topological polar surface area (TPSA) is 9.86 Å². The minimum atomic E-state index is 1.18. The van der Waals surface area contributed by atoms with Crippen molar-refractivity contribution in [3.8, 4) is 22.5 Å². The number of hydrogen-bond acceptors (Lipinski definition) is 0. The number of para-hydroxylation sites is 3. The molecular weight excluding hydrogens is 424 g/mol. The van der Waals surface area contributed by atoms with E-state index in [-0.39, 0.29) is 0 Å². The molecule has 2 nitrogen and oxygen atoms in total. The highest BCUT2D eigenvalue weighted by molar-refractivity contribution is 6.09. The van der Waals surface area contributed by atoms with Gasteiger partial charge in [0, 0.05) is 28.2 Å². The van der Waals surface area contributed by atoms with Crippen molar-refractivity contribution in [2.75, 3.05) is 0 Å². The summed E-state index contributed by atoms with van der Waals surface area (Å²) in [5, 5.41) is 3.81. The second-order valence-corrected chi connectivity index (χ2v) is 9.14. The summed E-state index contributed by atoms with van der Waals surface area (Å²) < 4.78 is 4.74. The molecule has 0 atom stereocenters. The van der Waals surface area contributed by atoms with Crippen LogP contribution in [0.4, 0.5) is 0 Å². The van der Waals surface area contributed by atoms with E-state index in [9.17, 15) is 0 Å². The minimum absolute atomic E-state index is 1.18. The molecule has 0 amide bonds. The van der Waals surface area contributed by atoms with Gasteiger partial charge in [-0.3, -0.25) is 0 Å². The van der Waals surface area contributed by atoms with Crippen molar-refractivity contribution in [2.45, 2.75) is 6.92 Å². The van der Waals surface area contributed by atoms with Gasteiger partial charge in [-0.2, -0.15) is 0 Å². The number of fused-ring (bicyclic) bond motifs is 4. The van der Waals surface area contributed by atoms with Gasteiger partial charge in [0.2, 0.25) is 0 Å². The van der Waals surface area contributed by atoms with Crippen LogP contribution in [-0.2, 0) is 0 Å². The summed E-state index contributed by atoms with van der Waals surface area (Å²) >= 11 is 0. The first-order valence-electron chi connectivity index (χ1n) is 12.0. The Kier molecular flexibility index (Phi) is 4.40. The molecule has 166 valence electrons. The summed E-state index contributed by atoms with van der Waals surface area (Å²) in [4.78, 5) is 0. The van der Waals surface area contributed by atoms with Crippen LogP contribution in [0, 0.1) is 6.92 Å². The van der Waals surface area contributed by atoms with E-state index >= 15 is 0 Å². The third kappa shape index (κ3) is 3.04. The van der Waals surface area contributed by atoms with E-state index in [2.05, 4.69) is 144 Å². The third-order valence-electron chi connectivity index (χ3n) is 7.05. The Bertz CT molecular complexity index is 1800. The van der Waals surface area contributed by atoms with E-state index in [0.29, 0.717) is 0 Å². The Labute approximate surface area is 204 Å². The number of nitrogens with zero attached hydrogens (tertiary/aromatic N) is 2. The van der Waals surface area contributed by atoms with Gasteiger partial charge in [0.15, 0.2) is 0 Å². The predicted molar refractivity (Wildman–Crippen MR) is 148 cm³/mol. The first-order valence-corrected chi connectivity index (χ1v) is 12.0. The van der Waals surface area contributed by atoms with E-state index in [4.69, 9.17) is 0 Å². The summed E-state index contributed by atoms with van der Waals surface area (Å²) in [5.41, 5.74) is 9.76. The number of benzene rings is 5. The van der Waals surface area contributed by atoms with Gasteiger partial charge >= 0.3 is 0 Å². The van der Waals surface area contributed by atoms with Crippen molar-refractivity contribution >= 4 is 32.7 Å². The zero-order valence-corrected chi connectivity index (χ0v) is 19.5. The fourth-order valence-corrected chi connectivity index (χ4v) is 5.53. The lowest BCUT2D eigenvalue weighted by Crippen LogP contribution is -2.03. The average Bonchev–Trinajstić information content (AvgIpc) is 3.48. The quantitative estimate of drug-likeness (QED) is 0.256. The van der Waals surface area contributed by atoms with Crippen LogP contribution in [0.5, 0.6) is 0 Å². The lowest BCUT2D eigenvalue weighted by Gasteiger charge is -2.19.